The largest absolute Gasteiger partial charge is 0.870 e. The van der Waals surface area contributed by atoms with Crippen LogP contribution in [0.25, 0.3) is 0 Å². The molecule has 9 N–H and O–H groups in total. The number of aliphatic carboxylic acids is 1. The molecule has 0 rings (SSSR count). The first-order valence-electron chi connectivity index (χ1n) is 2.98. The number of hydrogen-bond acceptors (Lipinski definition) is 6. The topological polar surface area (TPSA) is 191 Å². The molecule has 9 heteroatoms. The summed E-state index contributed by atoms with van der Waals surface area (Å²) in [6.45, 7) is 1.92. The molecule has 2 atom stereocenters. The number of ketones is 1. The van der Waals surface area contributed by atoms with Crippen molar-refractivity contribution < 1.29 is 57.6 Å². The third kappa shape index (κ3) is 7.57. The molecule has 0 radical (unpaired) electrons. The predicted octanol–water partition coefficient (Wildman–Crippen LogP) is -1.21. The van der Waals surface area contributed by atoms with Gasteiger partial charge in [-0.3, -0.25) is 4.79 Å². The van der Waals surface area contributed by atoms with Gasteiger partial charge in [-0.25, -0.2) is 4.79 Å². The van der Waals surface area contributed by atoms with Gasteiger partial charge in [-0.05, 0) is 13.8 Å². The first-order chi connectivity index (χ1) is 4.80. The van der Waals surface area contributed by atoms with Gasteiger partial charge in [0.1, 0.15) is 6.10 Å². The van der Waals surface area contributed by atoms with Gasteiger partial charge in [-0.15, -0.1) is 0 Å². The summed E-state index contributed by atoms with van der Waals surface area (Å²) in [5.74, 6) is -2.78. The summed E-state index contributed by atoms with van der Waals surface area (Å²) in [4.78, 5) is 20.9. The number of carbonyl (C=O) groups is 2. The molecule has 0 saturated carbocycles. The van der Waals surface area contributed by atoms with E-state index in [1.807, 2.05) is 0 Å². The molecule has 92 valence electrons. The quantitative estimate of drug-likeness (QED) is 0.362. The molecule has 0 aliphatic carbocycles. The summed E-state index contributed by atoms with van der Waals surface area (Å²) in [6, 6.07) is 0. The van der Waals surface area contributed by atoms with Crippen molar-refractivity contribution in [3.8, 4) is 0 Å². The number of carboxylic acid groups (broad SMARTS) is 1. The minimum Gasteiger partial charge on any atom is -0.870 e. The summed E-state index contributed by atoms with van der Waals surface area (Å²) < 4.78 is 0. The number of aliphatic hydroxyl groups excluding tert-OH is 1. The molecule has 0 aromatic carbocycles. The average molecular weight is 262 g/mol. The van der Waals surface area contributed by atoms with Crippen molar-refractivity contribution in [2.75, 3.05) is 0 Å². The molecule has 0 aromatic heterocycles. The SMILES string of the molecule is CC(O)C(=O)C(C)(O)C(=O)O.[NH4+].[OH-].[OH-].[Ti]. The Hall–Kier alpha value is -0.346. The molecule has 2 unspecified atom stereocenters. The van der Waals surface area contributed by atoms with Crippen LogP contribution in [0, 0.1) is 0 Å². The Morgan fingerprint density at radius 3 is 1.60 bits per heavy atom. The van der Waals surface area contributed by atoms with Gasteiger partial charge >= 0.3 is 5.97 Å². The zero-order chi connectivity index (χ0) is 9.23. The van der Waals surface area contributed by atoms with Crippen molar-refractivity contribution in [2.45, 2.75) is 25.6 Å². The Morgan fingerprint density at radius 1 is 1.27 bits per heavy atom. The van der Waals surface area contributed by atoms with E-state index in [0.717, 1.165) is 13.8 Å². The fourth-order valence-corrected chi connectivity index (χ4v) is 0.512. The second-order valence-electron chi connectivity index (χ2n) is 2.42. The van der Waals surface area contributed by atoms with Crippen LogP contribution in [0.5, 0.6) is 0 Å². The van der Waals surface area contributed by atoms with E-state index in [0.29, 0.717) is 0 Å². The smallest absolute Gasteiger partial charge is 0.343 e. The van der Waals surface area contributed by atoms with E-state index in [-0.39, 0.29) is 38.8 Å². The van der Waals surface area contributed by atoms with Crippen LogP contribution in [0.15, 0.2) is 0 Å². The van der Waals surface area contributed by atoms with Crippen LogP contribution in [-0.2, 0) is 31.3 Å². The van der Waals surface area contributed by atoms with Crippen LogP contribution in [0.2, 0.25) is 0 Å². The molecule has 0 spiro atoms. The summed E-state index contributed by atoms with van der Waals surface area (Å²) in [7, 11) is 0. The molecule has 0 amide bonds. The van der Waals surface area contributed by atoms with E-state index in [4.69, 9.17) is 15.3 Å². The third-order valence-electron chi connectivity index (χ3n) is 1.28. The van der Waals surface area contributed by atoms with E-state index < -0.39 is 23.5 Å². The molecule has 0 bridgehead atoms. The maximum absolute atomic E-state index is 10.7. The Balaban J connectivity index is -0.0000000833. The fraction of sp³-hybridized carbons (Fsp3) is 0.667. The molecule has 0 aliphatic rings. The molecular weight excluding hydrogens is 246 g/mol. The van der Waals surface area contributed by atoms with E-state index in [1.54, 1.807) is 0 Å². The fourth-order valence-electron chi connectivity index (χ4n) is 0.512. The van der Waals surface area contributed by atoms with Crippen molar-refractivity contribution in [3.05, 3.63) is 0 Å². The maximum atomic E-state index is 10.7. The molecule has 8 nitrogen and oxygen atoms in total. The van der Waals surface area contributed by atoms with E-state index >= 15 is 0 Å². The van der Waals surface area contributed by atoms with Crippen molar-refractivity contribution in [1.29, 1.82) is 0 Å². The number of rotatable bonds is 3. The number of aliphatic hydroxyl groups is 2. The molecule has 0 heterocycles. The van der Waals surface area contributed by atoms with Crippen LogP contribution < -0.4 is 6.15 Å². The monoisotopic (exact) mass is 262 g/mol. The van der Waals surface area contributed by atoms with Crippen LogP contribution in [0.4, 0.5) is 0 Å². The molecule has 0 fully saturated rings. The van der Waals surface area contributed by atoms with Crippen molar-refractivity contribution in [2.24, 2.45) is 0 Å². The first kappa shape index (κ1) is 29.3. The third-order valence-corrected chi connectivity index (χ3v) is 1.28. The molecule has 0 aliphatic heterocycles. The first-order valence-corrected chi connectivity index (χ1v) is 2.98. The van der Waals surface area contributed by atoms with Crippen LogP contribution in [-0.4, -0.2) is 49.7 Å². The Labute approximate surface area is 101 Å². The van der Waals surface area contributed by atoms with Gasteiger partial charge < -0.3 is 32.4 Å². The van der Waals surface area contributed by atoms with Crippen LogP contribution >= 0.6 is 0 Å². The van der Waals surface area contributed by atoms with Gasteiger partial charge in [0.15, 0.2) is 0 Å². The van der Waals surface area contributed by atoms with Gasteiger partial charge in [-0.1, -0.05) is 0 Å². The standard InChI is InChI=1S/C6H10O5.H3N.2H2O.Ti/c1-3(7)4(8)6(2,11)5(9)10;;;;/h3,7,11H,1-2H3,(H,9,10);1H3;2*1H2;/p-1. The second kappa shape index (κ2) is 10.2. The number of quaternary nitrogens is 1. The molecule has 0 aromatic rings. The van der Waals surface area contributed by atoms with Crippen LogP contribution in [0.1, 0.15) is 13.8 Å². The zero-order valence-electron chi connectivity index (χ0n) is 8.63. The summed E-state index contributed by atoms with van der Waals surface area (Å²) in [6.07, 6.45) is -1.47. The van der Waals surface area contributed by atoms with Crippen LogP contribution in [0.3, 0.4) is 0 Å². The molecule has 0 saturated heterocycles. The minimum absolute atomic E-state index is 0. The van der Waals surface area contributed by atoms with Gasteiger partial charge in [0.2, 0.25) is 11.4 Å². The Kier molecular flexibility index (Phi) is 19.9. The number of hydrogen-bond donors (Lipinski definition) is 4. The average Bonchev–Trinajstić information content (AvgIpc) is 1.85. The second-order valence-corrected chi connectivity index (χ2v) is 2.42. The van der Waals surface area contributed by atoms with Gasteiger partial charge in [-0.2, -0.15) is 0 Å². The summed E-state index contributed by atoms with van der Waals surface area (Å²) in [5, 5.41) is 25.8. The summed E-state index contributed by atoms with van der Waals surface area (Å²) >= 11 is 0. The van der Waals surface area contributed by atoms with Gasteiger partial charge in [0.05, 0.1) is 0 Å². The normalized spacial score (nSPS) is 13.6. The number of Topliss-reactive ketones (excluding diaryl/α,β-unsaturated/α-hetero) is 1. The van der Waals surface area contributed by atoms with Crippen molar-refractivity contribution >= 4 is 11.8 Å². The maximum Gasteiger partial charge on any atom is 0.343 e. The summed E-state index contributed by atoms with van der Waals surface area (Å²) in [5.41, 5.74) is -2.49. The van der Waals surface area contributed by atoms with E-state index in [2.05, 4.69) is 0 Å². The van der Waals surface area contributed by atoms with E-state index in [1.165, 1.54) is 0 Å². The Morgan fingerprint density at radius 2 is 1.53 bits per heavy atom. The molecular formula is C6H16NO7Ti-. The van der Waals surface area contributed by atoms with Gasteiger partial charge in [0.25, 0.3) is 0 Å². The van der Waals surface area contributed by atoms with E-state index in [9.17, 15) is 9.59 Å². The minimum atomic E-state index is -2.49. The van der Waals surface area contributed by atoms with Crippen molar-refractivity contribution in [3.63, 3.8) is 0 Å². The van der Waals surface area contributed by atoms with Gasteiger partial charge in [0, 0.05) is 21.7 Å². The predicted molar refractivity (Wildman–Crippen MR) is 44.8 cm³/mol. The number of carboxylic acids is 1. The van der Waals surface area contributed by atoms with Crippen molar-refractivity contribution in [1.82, 2.24) is 6.15 Å². The Bertz CT molecular complexity index is 194. The zero-order valence-corrected chi connectivity index (χ0v) is 10.2. The number of carbonyl (C=O) groups excluding carboxylic acids is 1. The molecule has 15 heavy (non-hydrogen) atoms.